The molecule has 1 amide bonds. The average Bonchev–Trinajstić information content (AvgIpc) is 3.24. The van der Waals surface area contributed by atoms with Gasteiger partial charge in [0.1, 0.15) is 5.76 Å². The minimum atomic E-state index is -0.0727. The summed E-state index contributed by atoms with van der Waals surface area (Å²) >= 11 is 0. The zero-order chi connectivity index (χ0) is 19.4. The Bertz CT molecular complexity index is 935. The number of carbonyl (C=O) groups excluding carboxylic acids is 1. The molecular weight excluding hydrogens is 338 g/mol. The van der Waals surface area contributed by atoms with Crippen LogP contribution in [0.25, 0.3) is 6.08 Å². The second-order valence-electron chi connectivity index (χ2n) is 6.83. The lowest BCUT2D eigenvalue weighted by molar-refractivity contribution is -0.125. The maximum Gasteiger partial charge on any atom is 0.246 e. The predicted octanol–water partition coefficient (Wildman–Crippen LogP) is 4.12. The molecule has 0 atom stereocenters. The van der Waals surface area contributed by atoms with Crippen LogP contribution in [0.1, 0.15) is 33.8 Å². The van der Waals surface area contributed by atoms with Gasteiger partial charge in [0.05, 0.1) is 25.0 Å². The number of aryl methyl sites for hydroxylation is 2. The molecule has 0 bridgehead atoms. The van der Waals surface area contributed by atoms with E-state index in [1.807, 2.05) is 36.7 Å². The lowest BCUT2D eigenvalue weighted by atomic mass is 10.1. The van der Waals surface area contributed by atoms with Gasteiger partial charge >= 0.3 is 0 Å². The van der Waals surface area contributed by atoms with Gasteiger partial charge in [-0.2, -0.15) is 5.10 Å². The van der Waals surface area contributed by atoms with Crippen LogP contribution < -0.4 is 0 Å². The van der Waals surface area contributed by atoms with Crippen LogP contribution in [0, 0.1) is 20.8 Å². The molecule has 2 heterocycles. The van der Waals surface area contributed by atoms with Gasteiger partial charge in [-0.15, -0.1) is 0 Å². The van der Waals surface area contributed by atoms with Gasteiger partial charge in [0.2, 0.25) is 5.91 Å². The third kappa shape index (κ3) is 4.56. The Kier molecular flexibility index (Phi) is 5.60. The first kappa shape index (κ1) is 18.7. The van der Waals surface area contributed by atoms with Gasteiger partial charge in [-0.3, -0.25) is 9.48 Å². The second kappa shape index (κ2) is 8.08. The molecule has 5 nitrogen and oxygen atoms in total. The van der Waals surface area contributed by atoms with E-state index >= 15 is 0 Å². The maximum absolute atomic E-state index is 12.4. The first-order valence-corrected chi connectivity index (χ1v) is 8.99. The smallest absolute Gasteiger partial charge is 0.246 e. The van der Waals surface area contributed by atoms with Crippen molar-refractivity contribution in [3.63, 3.8) is 0 Å². The van der Waals surface area contributed by atoms with Crippen LogP contribution in [-0.4, -0.2) is 27.6 Å². The summed E-state index contributed by atoms with van der Waals surface area (Å²) in [5, 5.41) is 4.64. The summed E-state index contributed by atoms with van der Waals surface area (Å²) < 4.78 is 7.27. The van der Waals surface area contributed by atoms with Crippen molar-refractivity contribution >= 4 is 12.0 Å². The molecule has 0 aliphatic rings. The monoisotopic (exact) mass is 363 g/mol. The number of rotatable bonds is 6. The topological polar surface area (TPSA) is 51.3 Å². The largest absolute Gasteiger partial charge is 0.467 e. The van der Waals surface area contributed by atoms with Gasteiger partial charge in [-0.25, -0.2) is 0 Å². The first-order chi connectivity index (χ1) is 12.9. The fraction of sp³-hybridized carbons (Fsp3) is 0.273. The van der Waals surface area contributed by atoms with E-state index in [2.05, 4.69) is 36.3 Å². The van der Waals surface area contributed by atoms with Crippen molar-refractivity contribution in [1.82, 2.24) is 14.7 Å². The summed E-state index contributed by atoms with van der Waals surface area (Å²) in [4.78, 5) is 14.0. The van der Waals surface area contributed by atoms with E-state index in [0.29, 0.717) is 13.1 Å². The third-order valence-electron chi connectivity index (χ3n) is 4.63. The normalized spacial score (nSPS) is 11.3. The first-order valence-electron chi connectivity index (χ1n) is 8.99. The number of nitrogens with zero attached hydrogens (tertiary/aromatic N) is 3. The van der Waals surface area contributed by atoms with Crippen LogP contribution in [0.2, 0.25) is 0 Å². The molecule has 0 spiro atoms. The van der Waals surface area contributed by atoms with Gasteiger partial charge in [0.15, 0.2) is 0 Å². The molecule has 27 heavy (non-hydrogen) atoms. The SMILES string of the molecule is Cc1ccc(Cn2nc(C)c(/C=C/C(=O)N(C)Cc3ccco3)c2C)cc1. The van der Waals surface area contributed by atoms with Crippen molar-refractivity contribution in [2.24, 2.45) is 0 Å². The van der Waals surface area contributed by atoms with E-state index < -0.39 is 0 Å². The van der Waals surface area contributed by atoms with Crippen molar-refractivity contribution in [2.75, 3.05) is 7.05 Å². The Morgan fingerprint density at radius 3 is 2.59 bits per heavy atom. The lowest BCUT2D eigenvalue weighted by Crippen LogP contribution is -2.23. The Balaban J connectivity index is 1.71. The number of aromatic nitrogens is 2. The van der Waals surface area contributed by atoms with Gasteiger partial charge < -0.3 is 9.32 Å². The zero-order valence-corrected chi connectivity index (χ0v) is 16.3. The molecule has 0 saturated heterocycles. The van der Waals surface area contributed by atoms with Crippen molar-refractivity contribution in [1.29, 1.82) is 0 Å². The summed E-state index contributed by atoms with van der Waals surface area (Å²) in [6.45, 7) is 7.24. The van der Waals surface area contributed by atoms with Crippen LogP contribution >= 0.6 is 0 Å². The van der Waals surface area contributed by atoms with Crippen LogP contribution in [0.5, 0.6) is 0 Å². The molecule has 0 N–H and O–H groups in total. The van der Waals surface area contributed by atoms with Crippen LogP contribution in [0.3, 0.4) is 0 Å². The lowest BCUT2D eigenvalue weighted by Gasteiger charge is -2.12. The highest BCUT2D eigenvalue weighted by molar-refractivity contribution is 5.91. The Hall–Kier alpha value is -3.08. The molecule has 3 rings (SSSR count). The molecule has 5 heteroatoms. The molecule has 0 fully saturated rings. The van der Waals surface area contributed by atoms with E-state index in [9.17, 15) is 4.79 Å². The molecule has 0 radical (unpaired) electrons. The maximum atomic E-state index is 12.4. The third-order valence-corrected chi connectivity index (χ3v) is 4.63. The van der Waals surface area contributed by atoms with E-state index in [1.165, 1.54) is 11.1 Å². The van der Waals surface area contributed by atoms with Crippen molar-refractivity contribution in [2.45, 2.75) is 33.9 Å². The van der Waals surface area contributed by atoms with Crippen molar-refractivity contribution in [3.8, 4) is 0 Å². The van der Waals surface area contributed by atoms with Gasteiger partial charge in [0, 0.05) is 24.4 Å². The number of furan rings is 1. The summed E-state index contributed by atoms with van der Waals surface area (Å²) in [6, 6.07) is 12.1. The van der Waals surface area contributed by atoms with E-state index in [1.54, 1.807) is 24.3 Å². The minimum Gasteiger partial charge on any atom is -0.467 e. The molecule has 0 aliphatic carbocycles. The standard InChI is InChI=1S/C22H25N3O2/c1-16-7-9-19(10-8-16)14-25-18(3)21(17(2)23-25)11-12-22(26)24(4)15-20-6-5-13-27-20/h5-13H,14-15H2,1-4H3/b12-11+. The number of likely N-dealkylation sites (N-methyl/N-ethyl adjacent to an activating group) is 1. The number of amides is 1. The second-order valence-corrected chi connectivity index (χ2v) is 6.83. The van der Waals surface area contributed by atoms with Gasteiger partial charge in [0.25, 0.3) is 0 Å². The summed E-state index contributed by atoms with van der Waals surface area (Å²) in [6.07, 6.45) is 5.05. The number of hydrogen-bond acceptors (Lipinski definition) is 3. The minimum absolute atomic E-state index is 0.0727. The van der Waals surface area contributed by atoms with E-state index in [4.69, 9.17) is 4.42 Å². The van der Waals surface area contributed by atoms with Gasteiger partial charge in [-0.05, 0) is 44.5 Å². The number of benzene rings is 1. The summed E-state index contributed by atoms with van der Waals surface area (Å²) in [5.74, 6) is 0.689. The molecule has 140 valence electrons. The van der Waals surface area contributed by atoms with E-state index in [-0.39, 0.29) is 5.91 Å². The van der Waals surface area contributed by atoms with Gasteiger partial charge in [-0.1, -0.05) is 29.8 Å². The Morgan fingerprint density at radius 1 is 1.19 bits per heavy atom. The molecule has 0 aliphatic heterocycles. The Morgan fingerprint density at radius 2 is 1.93 bits per heavy atom. The van der Waals surface area contributed by atoms with E-state index in [0.717, 1.165) is 22.7 Å². The molecular formula is C22H25N3O2. The number of hydrogen-bond donors (Lipinski definition) is 0. The molecule has 1 aromatic carbocycles. The fourth-order valence-corrected chi connectivity index (χ4v) is 2.97. The fourth-order valence-electron chi connectivity index (χ4n) is 2.97. The summed E-state index contributed by atoms with van der Waals surface area (Å²) in [7, 11) is 1.76. The average molecular weight is 363 g/mol. The quantitative estimate of drug-likeness (QED) is 0.619. The van der Waals surface area contributed by atoms with Crippen LogP contribution in [0.15, 0.2) is 53.2 Å². The van der Waals surface area contributed by atoms with Crippen LogP contribution in [-0.2, 0) is 17.9 Å². The van der Waals surface area contributed by atoms with Crippen LogP contribution in [0.4, 0.5) is 0 Å². The zero-order valence-electron chi connectivity index (χ0n) is 16.3. The molecule has 0 saturated carbocycles. The highest BCUT2D eigenvalue weighted by atomic mass is 16.3. The number of carbonyl (C=O) groups is 1. The Labute approximate surface area is 159 Å². The summed E-state index contributed by atoms with van der Waals surface area (Å²) in [5.41, 5.74) is 5.40. The highest BCUT2D eigenvalue weighted by Crippen LogP contribution is 2.17. The van der Waals surface area contributed by atoms with Crippen molar-refractivity contribution in [3.05, 3.63) is 82.6 Å². The molecule has 0 unspecified atom stereocenters. The predicted molar refractivity (Wildman–Crippen MR) is 106 cm³/mol. The van der Waals surface area contributed by atoms with Crippen molar-refractivity contribution < 1.29 is 9.21 Å². The molecule has 3 aromatic rings. The highest BCUT2D eigenvalue weighted by Gasteiger charge is 2.12. The molecule has 2 aromatic heterocycles.